The monoisotopic (exact) mass is 460 g/mol. The lowest BCUT2D eigenvalue weighted by Gasteiger charge is -2.44. The number of urea groups is 1. The summed E-state index contributed by atoms with van der Waals surface area (Å²) in [5.74, 6) is 0.820. The van der Waals surface area contributed by atoms with Crippen LogP contribution in [-0.4, -0.2) is 36.2 Å². The second kappa shape index (κ2) is 10.4. The molecule has 4 rings (SSSR count). The van der Waals surface area contributed by atoms with Crippen LogP contribution in [0.3, 0.4) is 0 Å². The molecule has 0 radical (unpaired) electrons. The van der Waals surface area contributed by atoms with Gasteiger partial charge in [-0.15, -0.1) is 0 Å². The lowest BCUT2D eigenvalue weighted by atomic mass is 9.74. The Morgan fingerprint density at radius 3 is 2.53 bits per heavy atom. The second-order valence-electron chi connectivity index (χ2n) is 10.1. The molecule has 3 aliphatic rings. The third kappa shape index (κ3) is 5.76. The standard InChI is InChI=1S/C25H37ClN4O2/c1-30-23(31)25(13-4-2-3-5-14-25)17-22(29-30)28-24(32)27-21-11-9-18(10-12-21)15-19-7-6-8-20(26)16-19/h6-8,16,18,21-22,29H,2-5,9-15,17H2,1H3,(H2,27,28,32). The second-order valence-corrected chi connectivity index (χ2v) is 10.6. The van der Waals surface area contributed by atoms with E-state index in [1.165, 1.54) is 18.4 Å². The number of hydrazine groups is 1. The van der Waals surface area contributed by atoms with Gasteiger partial charge in [-0.2, -0.15) is 0 Å². The van der Waals surface area contributed by atoms with E-state index in [9.17, 15) is 9.59 Å². The van der Waals surface area contributed by atoms with Crippen molar-refractivity contribution in [1.29, 1.82) is 0 Å². The molecule has 1 heterocycles. The molecule has 2 aliphatic carbocycles. The first-order valence-electron chi connectivity index (χ1n) is 12.3. The Morgan fingerprint density at radius 1 is 1.12 bits per heavy atom. The smallest absolute Gasteiger partial charge is 0.316 e. The molecule has 1 spiro atoms. The molecule has 1 aromatic rings. The van der Waals surface area contributed by atoms with Crippen LogP contribution in [0.2, 0.25) is 5.02 Å². The predicted octanol–water partition coefficient (Wildman–Crippen LogP) is 4.77. The summed E-state index contributed by atoms with van der Waals surface area (Å²) in [4.78, 5) is 25.6. The molecule has 32 heavy (non-hydrogen) atoms. The first-order valence-corrected chi connectivity index (χ1v) is 12.7. The molecular formula is C25H37ClN4O2. The van der Waals surface area contributed by atoms with Crippen LogP contribution in [-0.2, 0) is 11.2 Å². The number of halogens is 1. The number of carbonyl (C=O) groups excluding carboxylic acids is 2. The van der Waals surface area contributed by atoms with Crippen molar-refractivity contribution in [3.05, 3.63) is 34.9 Å². The first kappa shape index (κ1) is 23.4. The molecule has 1 unspecified atom stereocenters. The highest BCUT2D eigenvalue weighted by atomic mass is 35.5. The van der Waals surface area contributed by atoms with Gasteiger partial charge in [0.2, 0.25) is 5.91 Å². The SMILES string of the molecule is CN1NC(NC(=O)NC2CCC(Cc3cccc(Cl)c3)CC2)CC2(CCCCCC2)C1=O. The normalized spacial score (nSPS) is 28.2. The van der Waals surface area contributed by atoms with Crippen molar-refractivity contribution < 1.29 is 9.59 Å². The first-order chi connectivity index (χ1) is 15.4. The largest absolute Gasteiger partial charge is 0.335 e. The van der Waals surface area contributed by atoms with E-state index in [4.69, 9.17) is 11.6 Å². The molecule has 0 bridgehead atoms. The fourth-order valence-corrected chi connectivity index (χ4v) is 6.18. The number of hydrogen-bond donors (Lipinski definition) is 3. The zero-order valence-corrected chi connectivity index (χ0v) is 19.9. The number of benzene rings is 1. The van der Waals surface area contributed by atoms with Crippen molar-refractivity contribution in [2.45, 2.75) is 89.3 Å². The lowest BCUT2D eigenvalue weighted by Crippen LogP contribution is -2.65. The molecule has 1 saturated heterocycles. The molecule has 3 fully saturated rings. The van der Waals surface area contributed by atoms with E-state index in [-0.39, 0.29) is 29.6 Å². The number of hydrogen-bond acceptors (Lipinski definition) is 3. The van der Waals surface area contributed by atoms with Crippen LogP contribution in [0.4, 0.5) is 4.79 Å². The highest BCUT2D eigenvalue weighted by molar-refractivity contribution is 6.30. The fraction of sp³-hybridized carbons (Fsp3) is 0.680. The van der Waals surface area contributed by atoms with Crippen LogP contribution in [0, 0.1) is 11.3 Å². The molecule has 1 atom stereocenters. The number of nitrogens with zero attached hydrogens (tertiary/aromatic N) is 1. The van der Waals surface area contributed by atoms with Crippen molar-refractivity contribution in [2.24, 2.45) is 11.3 Å². The van der Waals surface area contributed by atoms with Crippen LogP contribution in [0.1, 0.15) is 76.2 Å². The topological polar surface area (TPSA) is 73.5 Å². The average Bonchev–Trinajstić information content (AvgIpc) is 2.99. The Morgan fingerprint density at radius 2 is 1.84 bits per heavy atom. The maximum atomic E-state index is 12.9. The van der Waals surface area contributed by atoms with Gasteiger partial charge in [-0.25, -0.2) is 10.2 Å². The van der Waals surface area contributed by atoms with Gasteiger partial charge in [0.25, 0.3) is 0 Å². The highest BCUT2D eigenvalue weighted by Gasteiger charge is 2.46. The van der Waals surface area contributed by atoms with E-state index in [0.717, 1.165) is 62.8 Å². The Labute approximate surface area is 196 Å². The Bertz CT molecular complexity index is 801. The third-order valence-electron chi connectivity index (χ3n) is 7.66. The molecule has 176 valence electrons. The molecular weight excluding hydrogens is 424 g/mol. The highest BCUT2D eigenvalue weighted by Crippen LogP contribution is 2.42. The summed E-state index contributed by atoms with van der Waals surface area (Å²) in [6.45, 7) is 0. The summed E-state index contributed by atoms with van der Waals surface area (Å²) < 4.78 is 0. The minimum Gasteiger partial charge on any atom is -0.335 e. The van der Waals surface area contributed by atoms with Crippen molar-refractivity contribution in [3.63, 3.8) is 0 Å². The van der Waals surface area contributed by atoms with Crippen molar-refractivity contribution in [1.82, 2.24) is 21.1 Å². The van der Waals surface area contributed by atoms with E-state index < -0.39 is 0 Å². The summed E-state index contributed by atoms with van der Waals surface area (Å²) in [5, 5.41) is 8.66. The van der Waals surface area contributed by atoms with Gasteiger partial charge in [-0.05, 0) is 75.0 Å². The molecule has 0 aromatic heterocycles. The molecule has 6 nitrogen and oxygen atoms in total. The number of amides is 3. The van der Waals surface area contributed by atoms with Gasteiger partial charge in [-0.1, -0.05) is 49.4 Å². The van der Waals surface area contributed by atoms with Gasteiger partial charge in [0, 0.05) is 18.1 Å². The number of carbonyl (C=O) groups is 2. The summed E-state index contributed by atoms with van der Waals surface area (Å²) in [6.07, 6.45) is 12.2. The number of nitrogens with one attached hydrogen (secondary N) is 3. The average molecular weight is 461 g/mol. The van der Waals surface area contributed by atoms with E-state index in [2.05, 4.69) is 28.2 Å². The van der Waals surface area contributed by atoms with E-state index in [0.29, 0.717) is 12.3 Å². The maximum Gasteiger partial charge on any atom is 0.316 e. The van der Waals surface area contributed by atoms with Crippen molar-refractivity contribution in [2.75, 3.05) is 7.05 Å². The van der Waals surface area contributed by atoms with E-state index in [1.807, 2.05) is 12.1 Å². The van der Waals surface area contributed by atoms with Crippen LogP contribution in [0.25, 0.3) is 0 Å². The summed E-state index contributed by atoms with van der Waals surface area (Å²) in [5.41, 5.74) is 4.13. The van der Waals surface area contributed by atoms with Gasteiger partial charge < -0.3 is 10.6 Å². The molecule has 2 saturated carbocycles. The third-order valence-corrected chi connectivity index (χ3v) is 7.90. The molecule has 7 heteroatoms. The Kier molecular flexibility index (Phi) is 7.62. The number of rotatable bonds is 4. The quantitative estimate of drug-likeness (QED) is 0.605. The Balaban J connectivity index is 1.24. The zero-order valence-electron chi connectivity index (χ0n) is 19.2. The molecule has 3 amide bonds. The van der Waals surface area contributed by atoms with Crippen molar-refractivity contribution in [3.8, 4) is 0 Å². The molecule has 3 N–H and O–H groups in total. The van der Waals surface area contributed by atoms with Crippen LogP contribution in [0.5, 0.6) is 0 Å². The summed E-state index contributed by atoms with van der Waals surface area (Å²) in [6, 6.07) is 8.20. The van der Waals surface area contributed by atoms with Gasteiger partial charge in [-0.3, -0.25) is 9.80 Å². The summed E-state index contributed by atoms with van der Waals surface area (Å²) >= 11 is 6.11. The van der Waals surface area contributed by atoms with Gasteiger partial charge in [0.05, 0.1) is 11.6 Å². The zero-order chi connectivity index (χ0) is 22.6. The molecule has 1 aliphatic heterocycles. The predicted molar refractivity (Wildman–Crippen MR) is 127 cm³/mol. The van der Waals surface area contributed by atoms with Gasteiger partial charge >= 0.3 is 6.03 Å². The fourth-order valence-electron chi connectivity index (χ4n) is 5.97. The summed E-state index contributed by atoms with van der Waals surface area (Å²) in [7, 11) is 1.78. The lowest BCUT2D eigenvalue weighted by molar-refractivity contribution is -0.153. The van der Waals surface area contributed by atoms with Crippen LogP contribution in [0.15, 0.2) is 24.3 Å². The maximum absolute atomic E-state index is 12.9. The van der Waals surface area contributed by atoms with Gasteiger partial charge in [0.15, 0.2) is 0 Å². The van der Waals surface area contributed by atoms with Gasteiger partial charge in [0.1, 0.15) is 0 Å². The Hall–Kier alpha value is -1.79. The minimum absolute atomic E-state index is 0.132. The van der Waals surface area contributed by atoms with Crippen molar-refractivity contribution >= 4 is 23.5 Å². The minimum atomic E-state index is -0.327. The van der Waals surface area contributed by atoms with E-state index in [1.54, 1.807) is 12.1 Å². The van der Waals surface area contributed by atoms with Crippen LogP contribution < -0.4 is 16.1 Å². The van der Waals surface area contributed by atoms with E-state index >= 15 is 0 Å². The van der Waals surface area contributed by atoms with Crippen LogP contribution >= 0.6 is 11.6 Å². The molecule has 1 aromatic carbocycles.